The van der Waals surface area contributed by atoms with Gasteiger partial charge in [-0.25, -0.2) is 4.98 Å². The van der Waals surface area contributed by atoms with Crippen molar-refractivity contribution in [3.63, 3.8) is 0 Å². The van der Waals surface area contributed by atoms with Crippen LogP contribution in [0.3, 0.4) is 0 Å². The summed E-state index contributed by atoms with van der Waals surface area (Å²) in [6.07, 6.45) is 9.35. The number of carbonyl (C=O) groups excluding carboxylic acids is 1. The molecule has 0 saturated carbocycles. The van der Waals surface area contributed by atoms with Gasteiger partial charge in [-0.15, -0.1) is 0 Å². The van der Waals surface area contributed by atoms with Gasteiger partial charge in [-0.05, 0) is 43.5 Å². The van der Waals surface area contributed by atoms with Gasteiger partial charge in [-0.1, -0.05) is 12.8 Å². The van der Waals surface area contributed by atoms with Crippen LogP contribution in [0.25, 0.3) is 16.7 Å². The van der Waals surface area contributed by atoms with Crippen LogP contribution in [0.1, 0.15) is 38.5 Å². The average Bonchev–Trinajstić information content (AvgIpc) is 3.00. The normalized spacial score (nSPS) is 15.5. The quantitative estimate of drug-likeness (QED) is 0.725. The summed E-state index contributed by atoms with van der Waals surface area (Å²) in [6.45, 7) is 2.26. The van der Waals surface area contributed by atoms with E-state index in [-0.39, 0.29) is 11.5 Å². The molecule has 1 aliphatic heterocycles. The van der Waals surface area contributed by atoms with Crippen LogP contribution in [0.15, 0.2) is 41.5 Å². The van der Waals surface area contributed by atoms with E-state index in [0.717, 1.165) is 31.4 Å². The van der Waals surface area contributed by atoms with Crippen molar-refractivity contribution in [3.8, 4) is 0 Å². The van der Waals surface area contributed by atoms with E-state index in [1.54, 1.807) is 10.8 Å². The van der Waals surface area contributed by atoms with Gasteiger partial charge in [0, 0.05) is 38.4 Å². The maximum atomic E-state index is 12.8. The number of amides is 1. The Kier molecular flexibility index (Phi) is 4.73. The lowest BCUT2D eigenvalue weighted by Gasteiger charge is -2.20. The fourth-order valence-corrected chi connectivity index (χ4v) is 3.86. The van der Waals surface area contributed by atoms with Gasteiger partial charge >= 0.3 is 0 Å². The zero-order chi connectivity index (χ0) is 17.9. The van der Waals surface area contributed by atoms with Crippen molar-refractivity contribution < 1.29 is 4.79 Å². The number of nitrogens with zero attached hydrogens (tertiary/aromatic N) is 4. The minimum Gasteiger partial charge on any atom is -0.343 e. The Bertz CT molecular complexity index is 980. The maximum absolute atomic E-state index is 12.8. The highest BCUT2D eigenvalue weighted by Gasteiger charge is 2.16. The highest BCUT2D eigenvalue weighted by molar-refractivity contribution is 5.76. The Balaban J connectivity index is 1.54. The van der Waals surface area contributed by atoms with Crippen molar-refractivity contribution >= 4 is 22.6 Å². The fraction of sp³-hybridized carbons (Fsp3) is 0.450. The molecule has 0 aliphatic carbocycles. The van der Waals surface area contributed by atoms with Crippen molar-refractivity contribution in [1.82, 2.24) is 18.9 Å². The van der Waals surface area contributed by atoms with Crippen LogP contribution < -0.4 is 5.56 Å². The van der Waals surface area contributed by atoms with Gasteiger partial charge in [0.05, 0.1) is 5.52 Å². The number of likely N-dealkylation sites (tertiary alicyclic amines) is 1. The second-order valence-electron chi connectivity index (χ2n) is 6.96. The lowest BCUT2D eigenvalue weighted by atomic mass is 10.2. The number of rotatable bonds is 4. The Labute approximate surface area is 152 Å². The van der Waals surface area contributed by atoms with Gasteiger partial charge in [0.15, 0.2) is 5.65 Å². The van der Waals surface area contributed by atoms with E-state index < -0.39 is 0 Å². The molecular formula is C20H24N4O2. The van der Waals surface area contributed by atoms with E-state index in [4.69, 9.17) is 0 Å². The molecule has 136 valence electrons. The van der Waals surface area contributed by atoms with E-state index >= 15 is 0 Å². The molecule has 1 amide bonds. The molecule has 0 atom stereocenters. The van der Waals surface area contributed by atoms with E-state index in [1.807, 2.05) is 39.8 Å². The average molecular weight is 352 g/mol. The van der Waals surface area contributed by atoms with Crippen LogP contribution >= 0.6 is 0 Å². The topological polar surface area (TPSA) is 59.6 Å². The molecule has 6 nitrogen and oxygen atoms in total. The lowest BCUT2D eigenvalue weighted by Crippen LogP contribution is -2.32. The molecule has 0 N–H and O–H groups in total. The monoisotopic (exact) mass is 352 g/mol. The Morgan fingerprint density at radius 2 is 1.81 bits per heavy atom. The predicted molar refractivity (Wildman–Crippen MR) is 101 cm³/mol. The molecule has 0 aromatic carbocycles. The van der Waals surface area contributed by atoms with Crippen molar-refractivity contribution in [2.75, 3.05) is 13.1 Å². The van der Waals surface area contributed by atoms with Crippen LogP contribution in [0, 0.1) is 0 Å². The molecule has 26 heavy (non-hydrogen) atoms. The van der Waals surface area contributed by atoms with Gasteiger partial charge in [0.2, 0.25) is 5.91 Å². The molecule has 0 bridgehead atoms. The molecule has 0 unspecified atom stereocenters. The first-order valence-corrected chi connectivity index (χ1v) is 9.48. The number of hydrogen-bond donors (Lipinski definition) is 0. The Morgan fingerprint density at radius 3 is 2.62 bits per heavy atom. The Morgan fingerprint density at radius 1 is 1.04 bits per heavy atom. The lowest BCUT2D eigenvalue weighted by molar-refractivity contribution is -0.131. The highest BCUT2D eigenvalue weighted by Crippen LogP contribution is 2.15. The first-order valence-electron chi connectivity index (χ1n) is 9.48. The molecule has 4 heterocycles. The third kappa shape index (κ3) is 3.11. The summed E-state index contributed by atoms with van der Waals surface area (Å²) in [6, 6.07) is 7.54. The van der Waals surface area contributed by atoms with Crippen molar-refractivity contribution in [3.05, 3.63) is 47.0 Å². The first kappa shape index (κ1) is 16.8. The number of pyridine rings is 1. The molecule has 1 aliphatic rings. The summed E-state index contributed by atoms with van der Waals surface area (Å²) in [7, 11) is 0. The summed E-state index contributed by atoms with van der Waals surface area (Å²) in [5.41, 5.74) is 2.17. The van der Waals surface area contributed by atoms with Crippen LogP contribution in [0.5, 0.6) is 0 Å². The van der Waals surface area contributed by atoms with E-state index in [2.05, 4.69) is 4.98 Å². The highest BCUT2D eigenvalue weighted by atomic mass is 16.2. The van der Waals surface area contributed by atoms with E-state index in [9.17, 15) is 9.59 Å². The molecule has 0 spiro atoms. The third-order valence-corrected chi connectivity index (χ3v) is 5.23. The Hall–Kier alpha value is -2.63. The standard InChI is InChI=1S/C20H24N4O2/c25-18(22-12-3-1-2-4-13-22)10-7-15-24-19-16(8-5-11-21-19)23-14-6-9-17(23)20(24)26/h5-6,8-9,11,14H,1-4,7,10,12-13,15H2. The molecule has 1 saturated heterocycles. The van der Waals surface area contributed by atoms with Crippen molar-refractivity contribution in [1.29, 1.82) is 0 Å². The summed E-state index contributed by atoms with van der Waals surface area (Å²) < 4.78 is 3.59. The van der Waals surface area contributed by atoms with E-state index in [0.29, 0.717) is 30.6 Å². The van der Waals surface area contributed by atoms with Gasteiger partial charge in [-0.3, -0.25) is 14.2 Å². The second-order valence-corrected chi connectivity index (χ2v) is 6.96. The SMILES string of the molecule is O=C(CCCn1c(=O)c2cccn2c2cccnc21)N1CCCCCC1. The molecule has 1 fully saturated rings. The summed E-state index contributed by atoms with van der Waals surface area (Å²) in [5, 5.41) is 0. The van der Waals surface area contributed by atoms with Gasteiger partial charge in [-0.2, -0.15) is 0 Å². The summed E-state index contributed by atoms with van der Waals surface area (Å²) in [5.74, 6) is 0.209. The van der Waals surface area contributed by atoms with Crippen LogP contribution in [0.2, 0.25) is 0 Å². The number of aromatic nitrogens is 3. The zero-order valence-electron chi connectivity index (χ0n) is 14.9. The number of carbonyl (C=O) groups is 1. The number of fused-ring (bicyclic) bond motifs is 3. The minimum atomic E-state index is -0.0524. The maximum Gasteiger partial charge on any atom is 0.276 e. The van der Waals surface area contributed by atoms with Crippen molar-refractivity contribution in [2.24, 2.45) is 0 Å². The minimum absolute atomic E-state index is 0.0524. The number of aryl methyl sites for hydroxylation is 1. The summed E-state index contributed by atoms with van der Waals surface area (Å²) in [4.78, 5) is 31.7. The van der Waals surface area contributed by atoms with Crippen LogP contribution in [-0.2, 0) is 11.3 Å². The fourth-order valence-electron chi connectivity index (χ4n) is 3.86. The zero-order valence-corrected chi connectivity index (χ0v) is 14.9. The predicted octanol–water partition coefficient (Wildman–Crippen LogP) is 2.83. The van der Waals surface area contributed by atoms with E-state index in [1.165, 1.54) is 12.8 Å². The molecule has 4 rings (SSSR count). The molecule has 0 radical (unpaired) electrons. The largest absolute Gasteiger partial charge is 0.343 e. The van der Waals surface area contributed by atoms with Gasteiger partial charge in [0.1, 0.15) is 5.52 Å². The molecular weight excluding hydrogens is 328 g/mol. The van der Waals surface area contributed by atoms with Crippen molar-refractivity contribution in [2.45, 2.75) is 45.1 Å². The van der Waals surface area contributed by atoms with Gasteiger partial charge < -0.3 is 9.30 Å². The molecule has 6 heteroatoms. The molecule has 3 aromatic heterocycles. The smallest absolute Gasteiger partial charge is 0.276 e. The third-order valence-electron chi connectivity index (χ3n) is 5.23. The second kappa shape index (κ2) is 7.32. The van der Waals surface area contributed by atoms with Gasteiger partial charge in [0.25, 0.3) is 5.56 Å². The molecule has 3 aromatic rings. The van der Waals surface area contributed by atoms with Crippen LogP contribution in [-0.4, -0.2) is 37.8 Å². The summed E-state index contributed by atoms with van der Waals surface area (Å²) >= 11 is 0. The number of hydrogen-bond acceptors (Lipinski definition) is 3. The first-order chi connectivity index (χ1) is 12.8. The van der Waals surface area contributed by atoms with Crippen LogP contribution in [0.4, 0.5) is 0 Å².